The van der Waals surface area contributed by atoms with Gasteiger partial charge in [0.1, 0.15) is 0 Å². The fraction of sp³-hybridized carbons (Fsp3) is 0.667. The van der Waals surface area contributed by atoms with Crippen molar-refractivity contribution in [2.45, 2.75) is 30.0 Å². The number of thiazole rings is 1. The molecule has 21 heavy (non-hydrogen) atoms. The van der Waals surface area contributed by atoms with Gasteiger partial charge in [0.15, 0.2) is 9.90 Å². The maximum Gasteiger partial charge on any atom is 0.358 e. The Labute approximate surface area is 128 Å². The molecule has 0 aromatic carbocycles. The molecule has 1 aliphatic rings. The summed E-state index contributed by atoms with van der Waals surface area (Å²) in [7, 11) is -2.54. The topological polar surface area (TPSA) is 88.6 Å². The van der Waals surface area contributed by atoms with Crippen LogP contribution in [0, 0.1) is 0 Å². The number of hydrogen-bond donors (Lipinski definition) is 1. The van der Waals surface area contributed by atoms with Gasteiger partial charge in [-0.3, -0.25) is 4.90 Å². The van der Waals surface area contributed by atoms with E-state index in [2.05, 4.69) is 26.3 Å². The van der Waals surface area contributed by atoms with E-state index in [1.165, 1.54) is 25.5 Å². The van der Waals surface area contributed by atoms with Crippen molar-refractivity contribution in [2.75, 3.05) is 26.7 Å². The molecule has 0 saturated heterocycles. The van der Waals surface area contributed by atoms with Gasteiger partial charge in [0.25, 0.3) is 10.0 Å². The largest absolute Gasteiger partial charge is 0.464 e. The van der Waals surface area contributed by atoms with Crippen molar-refractivity contribution in [1.29, 1.82) is 0 Å². The third kappa shape index (κ3) is 4.00. The van der Waals surface area contributed by atoms with E-state index in [0.717, 1.165) is 17.9 Å². The zero-order chi connectivity index (χ0) is 15.5. The molecule has 0 bridgehead atoms. The third-order valence-electron chi connectivity index (χ3n) is 3.32. The van der Waals surface area contributed by atoms with Crippen molar-refractivity contribution in [1.82, 2.24) is 14.6 Å². The molecule has 0 radical (unpaired) electrons. The van der Waals surface area contributed by atoms with Gasteiger partial charge in [-0.05, 0) is 19.4 Å². The fourth-order valence-electron chi connectivity index (χ4n) is 2.09. The van der Waals surface area contributed by atoms with Gasteiger partial charge < -0.3 is 4.74 Å². The number of carbonyl (C=O) groups excluding carboxylic acids is 1. The first-order chi connectivity index (χ1) is 9.99. The van der Waals surface area contributed by atoms with Gasteiger partial charge in [-0.25, -0.2) is 22.9 Å². The molecule has 0 aliphatic heterocycles. The zero-order valence-corrected chi connectivity index (χ0v) is 13.7. The second-order valence-electron chi connectivity index (χ2n) is 4.74. The molecule has 0 atom stereocenters. The van der Waals surface area contributed by atoms with E-state index >= 15 is 0 Å². The number of rotatable bonds is 8. The number of aromatic nitrogens is 1. The second kappa shape index (κ2) is 6.82. The highest BCUT2D eigenvalue weighted by molar-refractivity contribution is 7.91. The van der Waals surface area contributed by atoms with Gasteiger partial charge >= 0.3 is 5.97 Å². The van der Waals surface area contributed by atoms with Gasteiger partial charge in [-0.2, -0.15) is 0 Å². The van der Waals surface area contributed by atoms with E-state index in [4.69, 9.17) is 0 Å². The summed E-state index contributed by atoms with van der Waals surface area (Å²) in [5.41, 5.74) is 1.16. The molecule has 1 aliphatic carbocycles. The van der Waals surface area contributed by atoms with Gasteiger partial charge in [-0.15, -0.1) is 11.3 Å². The van der Waals surface area contributed by atoms with Crippen LogP contribution in [0.3, 0.4) is 0 Å². The molecular formula is C12H19N3O4S2. The number of ether oxygens (including phenoxy) is 1. The van der Waals surface area contributed by atoms with Crippen LogP contribution in [0.4, 0.5) is 0 Å². The van der Waals surface area contributed by atoms with Crippen LogP contribution in [-0.2, 0) is 14.8 Å². The van der Waals surface area contributed by atoms with Crippen molar-refractivity contribution in [3.63, 3.8) is 0 Å². The molecule has 1 saturated carbocycles. The van der Waals surface area contributed by atoms with Crippen molar-refractivity contribution >= 4 is 27.3 Å². The number of nitrogens with one attached hydrogen (secondary N) is 1. The third-order valence-corrected chi connectivity index (χ3v) is 6.15. The van der Waals surface area contributed by atoms with E-state index in [1.807, 2.05) is 0 Å². The Morgan fingerprint density at radius 2 is 2.29 bits per heavy atom. The first-order valence-electron chi connectivity index (χ1n) is 6.75. The Kier molecular flexibility index (Phi) is 5.31. The summed E-state index contributed by atoms with van der Waals surface area (Å²) >= 11 is 0.907. The van der Waals surface area contributed by atoms with E-state index in [9.17, 15) is 13.2 Å². The summed E-state index contributed by atoms with van der Waals surface area (Å²) in [6, 6.07) is 0.591. The van der Waals surface area contributed by atoms with Crippen molar-refractivity contribution < 1.29 is 17.9 Å². The first-order valence-corrected chi connectivity index (χ1v) is 9.11. The molecule has 2 rings (SSSR count). The maximum absolute atomic E-state index is 12.2. The predicted octanol–water partition coefficient (Wildman–Crippen LogP) is 0.692. The lowest BCUT2D eigenvalue weighted by atomic mass is 10.4. The number of hydrogen-bond acceptors (Lipinski definition) is 7. The molecular weight excluding hydrogens is 314 g/mol. The molecule has 1 aromatic rings. The molecule has 1 N–H and O–H groups in total. The van der Waals surface area contributed by atoms with Crippen molar-refractivity contribution in [3.8, 4) is 0 Å². The summed E-state index contributed by atoms with van der Waals surface area (Å²) in [4.78, 5) is 17.5. The fourth-order valence-corrected chi connectivity index (χ4v) is 4.28. The number of nitrogens with zero attached hydrogens (tertiary/aromatic N) is 2. The molecule has 0 amide bonds. The van der Waals surface area contributed by atoms with Crippen molar-refractivity contribution in [3.05, 3.63) is 11.2 Å². The number of sulfonamides is 1. The molecule has 7 nitrogen and oxygen atoms in total. The van der Waals surface area contributed by atoms with E-state index in [0.29, 0.717) is 19.1 Å². The molecule has 9 heteroatoms. The van der Waals surface area contributed by atoms with E-state index in [1.54, 1.807) is 0 Å². The smallest absolute Gasteiger partial charge is 0.358 e. The Hall–Kier alpha value is -1.03. The quantitative estimate of drug-likeness (QED) is 0.704. The Morgan fingerprint density at radius 3 is 2.86 bits per heavy atom. The minimum absolute atomic E-state index is 0.0937. The molecule has 1 heterocycles. The standard InChI is InChI=1S/C12H19N3O4S2/c1-3-15(9-4-5-9)7-6-14-21(17,18)12-10(11(16)19-2)13-8-20-12/h8-9,14H,3-7H2,1-2H3. The van der Waals surface area contributed by atoms with Crippen LogP contribution in [-0.4, -0.2) is 57.1 Å². The Balaban J connectivity index is 1.98. The van der Waals surface area contributed by atoms with Gasteiger partial charge in [0, 0.05) is 19.1 Å². The highest BCUT2D eigenvalue weighted by Crippen LogP contribution is 2.26. The summed E-state index contributed by atoms with van der Waals surface area (Å²) in [5.74, 6) is -0.746. The van der Waals surface area contributed by atoms with Crippen LogP contribution in [0.25, 0.3) is 0 Å². The molecule has 1 fully saturated rings. The van der Waals surface area contributed by atoms with Crippen molar-refractivity contribution in [2.24, 2.45) is 0 Å². The average Bonchev–Trinajstić information content (AvgIpc) is 3.17. The highest BCUT2D eigenvalue weighted by Gasteiger charge is 2.29. The number of esters is 1. The Bertz CT molecular complexity index is 595. The SMILES string of the molecule is CCN(CCNS(=O)(=O)c1scnc1C(=O)OC)C1CC1. The van der Waals surface area contributed by atoms with Crippen LogP contribution in [0.1, 0.15) is 30.3 Å². The molecule has 118 valence electrons. The highest BCUT2D eigenvalue weighted by atomic mass is 32.2. The lowest BCUT2D eigenvalue weighted by Crippen LogP contribution is -2.36. The minimum Gasteiger partial charge on any atom is -0.464 e. The van der Waals surface area contributed by atoms with Gasteiger partial charge in [0.2, 0.25) is 0 Å². The van der Waals surface area contributed by atoms with E-state index < -0.39 is 16.0 Å². The minimum atomic E-state index is -3.73. The number of likely N-dealkylation sites (N-methyl/N-ethyl adjacent to an activating group) is 1. The summed E-state index contributed by atoms with van der Waals surface area (Å²) in [6.45, 7) is 3.93. The van der Waals surface area contributed by atoms with Gasteiger partial charge in [-0.1, -0.05) is 6.92 Å². The second-order valence-corrected chi connectivity index (χ2v) is 7.55. The predicted molar refractivity (Wildman–Crippen MR) is 78.9 cm³/mol. The lowest BCUT2D eigenvalue weighted by Gasteiger charge is -2.19. The maximum atomic E-state index is 12.2. The molecule has 0 spiro atoms. The van der Waals surface area contributed by atoms with E-state index in [-0.39, 0.29) is 9.90 Å². The lowest BCUT2D eigenvalue weighted by molar-refractivity contribution is 0.0590. The summed E-state index contributed by atoms with van der Waals surface area (Å²) < 4.78 is 31.4. The average molecular weight is 333 g/mol. The number of carbonyl (C=O) groups is 1. The summed E-state index contributed by atoms with van der Waals surface area (Å²) in [6.07, 6.45) is 2.36. The Morgan fingerprint density at radius 1 is 1.57 bits per heavy atom. The summed E-state index contributed by atoms with van der Waals surface area (Å²) in [5, 5.41) is 0. The van der Waals surface area contributed by atoms with Gasteiger partial charge in [0.05, 0.1) is 12.6 Å². The van der Waals surface area contributed by atoms with Crippen LogP contribution >= 0.6 is 11.3 Å². The monoisotopic (exact) mass is 333 g/mol. The van der Waals surface area contributed by atoms with Crippen LogP contribution in [0.5, 0.6) is 0 Å². The van der Waals surface area contributed by atoms with Crippen LogP contribution < -0.4 is 4.72 Å². The van der Waals surface area contributed by atoms with Crippen LogP contribution in [0.2, 0.25) is 0 Å². The molecule has 0 unspecified atom stereocenters. The van der Waals surface area contributed by atoms with Crippen LogP contribution in [0.15, 0.2) is 9.72 Å². The first kappa shape index (κ1) is 16.3. The number of methoxy groups -OCH3 is 1. The zero-order valence-electron chi connectivity index (χ0n) is 12.0. The molecule has 1 aromatic heterocycles. The normalized spacial score (nSPS) is 15.4.